The van der Waals surface area contributed by atoms with Crippen molar-refractivity contribution in [3.8, 4) is 0 Å². The number of nitrogens with zero attached hydrogens (tertiary/aromatic N) is 2. The maximum absolute atomic E-state index is 5.83. The van der Waals surface area contributed by atoms with Crippen LogP contribution in [0.4, 0.5) is 0 Å². The minimum Gasteiger partial charge on any atom is -0.329 e. The topological polar surface area (TPSA) is 42.1 Å². The van der Waals surface area contributed by atoms with Gasteiger partial charge < -0.3 is 5.73 Å². The van der Waals surface area contributed by atoms with Gasteiger partial charge in [0.15, 0.2) is 0 Å². The molecule has 0 spiro atoms. The molecule has 1 fully saturated rings. The Balaban J connectivity index is 1.94. The van der Waals surface area contributed by atoms with E-state index in [2.05, 4.69) is 36.0 Å². The predicted octanol–water partition coefficient (Wildman–Crippen LogP) is 1.56. The summed E-state index contributed by atoms with van der Waals surface area (Å²) in [6, 6.07) is 4.75. The van der Waals surface area contributed by atoms with Crippen LogP contribution in [0.25, 0.3) is 0 Å². The zero-order valence-electron chi connectivity index (χ0n) is 10.2. The number of aryl methyl sites for hydroxylation is 1. The molecule has 3 heteroatoms. The zero-order chi connectivity index (χ0) is 11.5. The highest BCUT2D eigenvalue weighted by Gasteiger charge is 2.32. The third kappa shape index (κ3) is 2.80. The first kappa shape index (κ1) is 11.6. The highest BCUT2D eigenvalue weighted by Crippen LogP contribution is 2.34. The SMILES string of the molecule is Cc1ccc(CN(C)C(CN)C2CC2)nc1. The first-order chi connectivity index (χ1) is 7.70. The van der Waals surface area contributed by atoms with Crippen molar-refractivity contribution in [1.82, 2.24) is 9.88 Å². The fourth-order valence-electron chi connectivity index (χ4n) is 2.18. The standard InChI is InChI=1S/C13H21N3/c1-10-3-6-12(15-8-10)9-16(2)13(7-14)11-4-5-11/h3,6,8,11,13H,4-5,7,9,14H2,1-2H3. The monoisotopic (exact) mass is 219 g/mol. The second kappa shape index (κ2) is 4.93. The van der Waals surface area contributed by atoms with Crippen LogP contribution in [0.2, 0.25) is 0 Å². The van der Waals surface area contributed by atoms with E-state index in [0.29, 0.717) is 6.04 Å². The Hall–Kier alpha value is -0.930. The summed E-state index contributed by atoms with van der Waals surface area (Å²) >= 11 is 0. The van der Waals surface area contributed by atoms with Gasteiger partial charge in [-0.15, -0.1) is 0 Å². The van der Waals surface area contributed by atoms with E-state index in [1.54, 1.807) is 0 Å². The van der Waals surface area contributed by atoms with Crippen molar-refractivity contribution in [2.75, 3.05) is 13.6 Å². The van der Waals surface area contributed by atoms with Gasteiger partial charge in [-0.1, -0.05) is 6.07 Å². The van der Waals surface area contributed by atoms with Gasteiger partial charge in [-0.2, -0.15) is 0 Å². The Kier molecular flexibility index (Phi) is 3.56. The molecule has 1 heterocycles. The average molecular weight is 219 g/mol. The summed E-state index contributed by atoms with van der Waals surface area (Å²) in [6.45, 7) is 3.72. The van der Waals surface area contributed by atoms with Gasteiger partial charge in [-0.05, 0) is 44.4 Å². The Labute approximate surface area is 97.7 Å². The van der Waals surface area contributed by atoms with E-state index in [-0.39, 0.29) is 0 Å². The molecule has 1 aromatic rings. The molecule has 0 aliphatic heterocycles. The van der Waals surface area contributed by atoms with E-state index in [1.807, 2.05) is 6.20 Å². The molecule has 1 atom stereocenters. The molecule has 16 heavy (non-hydrogen) atoms. The molecule has 0 amide bonds. The van der Waals surface area contributed by atoms with Crippen LogP contribution in [0.15, 0.2) is 18.3 Å². The molecule has 0 saturated heterocycles. The van der Waals surface area contributed by atoms with Crippen LogP contribution in [0.3, 0.4) is 0 Å². The normalized spacial score (nSPS) is 17.8. The average Bonchev–Trinajstić information content (AvgIpc) is 3.07. The lowest BCUT2D eigenvalue weighted by Crippen LogP contribution is -2.39. The molecule has 3 nitrogen and oxygen atoms in total. The van der Waals surface area contributed by atoms with Crippen LogP contribution in [-0.4, -0.2) is 29.5 Å². The molecule has 0 bridgehead atoms. The fraction of sp³-hybridized carbons (Fsp3) is 0.615. The minimum atomic E-state index is 0.531. The summed E-state index contributed by atoms with van der Waals surface area (Å²) in [5.74, 6) is 0.820. The van der Waals surface area contributed by atoms with Crippen molar-refractivity contribution in [1.29, 1.82) is 0 Å². The molecule has 2 N–H and O–H groups in total. The highest BCUT2D eigenvalue weighted by molar-refractivity contribution is 5.12. The van der Waals surface area contributed by atoms with Crippen molar-refractivity contribution < 1.29 is 0 Å². The molecule has 1 aromatic heterocycles. The lowest BCUT2D eigenvalue weighted by molar-refractivity contribution is 0.213. The van der Waals surface area contributed by atoms with Gasteiger partial charge in [0.05, 0.1) is 5.69 Å². The van der Waals surface area contributed by atoms with Gasteiger partial charge in [0.2, 0.25) is 0 Å². The molecule has 1 aliphatic carbocycles. The zero-order valence-corrected chi connectivity index (χ0v) is 10.2. The summed E-state index contributed by atoms with van der Waals surface area (Å²) in [6.07, 6.45) is 4.61. The van der Waals surface area contributed by atoms with E-state index < -0.39 is 0 Å². The molecule has 1 unspecified atom stereocenters. The quantitative estimate of drug-likeness (QED) is 0.817. The maximum Gasteiger partial charge on any atom is 0.0544 e. The maximum atomic E-state index is 5.83. The lowest BCUT2D eigenvalue weighted by atomic mass is 10.1. The van der Waals surface area contributed by atoms with Gasteiger partial charge in [0, 0.05) is 25.3 Å². The smallest absolute Gasteiger partial charge is 0.0544 e. The van der Waals surface area contributed by atoms with Crippen molar-refractivity contribution in [3.05, 3.63) is 29.6 Å². The summed E-state index contributed by atoms with van der Waals surface area (Å²) < 4.78 is 0. The molecule has 0 aromatic carbocycles. The molecule has 88 valence electrons. The third-order valence-electron chi connectivity index (χ3n) is 3.36. The van der Waals surface area contributed by atoms with E-state index in [9.17, 15) is 0 Å². The van der Waals surface area contributed by atoms with E-state index in [4.69, 9.17) is 5.73 Å². The van der Waals surface area contributed by atoms with Gasteiger partial charge >= 0.3 is 0 Å². The highest BCUT2D eigenvalue weighted by atomic mass is 15.2. The summed E-state index contributed by atoms with van der Waals surface area (Å²) in [5.41, 5.74) is 8.17. The Morgan fingerprint density at radius 2 is 2.25 bits per heavy atom. The number of aromatic nitrogens is 1. The summed E-state index contributed by atoms with van der Waals surface area (Å²) in [7, 11) is 2.15. The van der Waals surface area contributed by atoms with Crippen molar-refractivity contribution in [3.63, 3.8) is 0 Å². The van der Waals surface area contributed by atoms with Crippen LogP contribution in [0.1, 0.15) is 24.1 Å². The predicted molar refractivity (Wildman–Crippen MR) is 66.0 cm³/mol. The summed E-state index contributed by atoms with van der Waals surface area (Å²) in [4.78, 5) is 6.77. The second-order valence-corrected chi connectivity index (χ2v) is 4.88. The molecule has 0 radical (unpaired) electrons. The number of nitrogens with two attached hydrogens (primary N) is 1. The largest absolute Gasteiger partial charge is 0.329 e. The van der Waals surface area contributed by atoms with Gasteiger partial charge in [0.25, 0.3) is 0 Å². The Bertz CT molecular complexity index is 330. The van der Waals surface area contributed by atoms with Crippen molar-refractivity contribution >= 4 is 0 Å². The van der Waals surface area contributed by atoms with E-state index in [1.165, 1.54) is 18.4 Å². The molecule has 1 saturated carbocycles. The number of likely N-dealkylation sites (N-methyl/N-ethyl adjacent to an activating group) is 1. The molecule has 1 aliphatic rings. The van der Waals surface area contributed by atoms with Crippen molar-refractivity contribution in [2.24, 2.45) is 11.7 Å². The third-order valence-corrected chi connectivity index (χ3v) is 3.36. The first-order valence-corrected chi connectivity index (χ1v) is 6.02. The number of rotatable bonds is 5. The van der Waals surface area contributed by atoms with Gasteiger partial charge in [-0.3, -0.25) is 9.88 Å². The molecular weight excluding hydrogens is 198 g/mol. The minimum absolute atomic E-state index is 0.531. The van der Waals surface area contributed by atoms with Crippen LogP contribution >= 0.6 is 0 Å². The van der Waals surface area contributed by atoms with Crippen LogP contribution in [0, 0.1) is 12.8 Å². The van der Waals surface area contributed by atoms with Crippen LogP contribution in [-0.2, 0) is 6.54 Å². The fourth-order valence-corrected chi connectivity index (χ4v) is 2.18. The number of pyridine rings is 1. The first-order valence-electron chi connectivity index (χ1n) is 6.02. The number of hydrogen-bond donors (Lipinski definition) is 1. The summed E-state index contributed by atoms with van der Waals surface area (Å²) in [5, 5.41) is 0. The van der Waals surface area contributed by atoms with E-state index in [0.717, 1.165) is 24.7 Å². The Morgan fingerprint density at radius 3 is 2.75 bits per heavy atom. The van der Waals surface area contributed by atoms with Crippen LogP contribution < -0.4 is 5.73 Å². The van der Waals surface area contributed by atoms with Gasteiger partial charge in [0.1, 0.15) is 0 Å². The van der Waals surface area contributed by atoms with Crippen LogP contribution in [0.5, 0.6) is 0 Å². The molecular formula is C13H21N3. The van der Waals surface area contributed by atoms with E-state index >= 15 is 0 Å². The Morgan fingerprint density at radius 1 is 1.50 bits per heavy atom. The van der Waals surface area contributed by atoms with Gasteiger partial charge in [-0.25, -0.2) is 0 Å². The number of hydrogen-bond acceptors (Lipinski definition) is 3. The molecule has 2 rings (SSSR count). The second-order valence-electron chi connectivity index (χ2n) is 4.88. The lowest BCUT2D eigenvalue weighted by Gasteiger charge is -2.26. The van der Waals surface area contributed by atoms with Crippen molar-refractivity contribution in [2.45, 2.75) is 32.4 Å².